The monoisotopic (exact) mass is 252 g/mol. The molecule has 0 bridgehead atoms. The number of hydrogen-bond donors (Lipinski definition) is 2. The number of aryl methyl sites for hydroxylation is 1. The lowest BCUT2D eigenvalue weighted by molar-refractivity contribution is 0.0699. The van der Waals surface area contributed by atoms with E-state index in [1.54, 1.807) is 13.0 Å². The molecule has 0 aliphatic heterocycles. The van der Waals surface area contributed by atoms with E-state index in [0.717, 1.165) is 25.7 Å². The van der Waals surface area contributed by atoms with Crippen molar-refractivity contribution in [2.24, 2.45) is 5.41 Å². The molecule has 1 aliphatic carbocycles. The number of hydrogen-bond acceptors (Lipinski definition) is 4. The number of aliphatic hydroxyl groups excluding tert-OH is 1. The highest BCUT2D eigenvalue weighted by atomic mass is 16.5. The quantitative estimate of drug-likeness (QED) is 0.854. The van der Waals surface area contributed by atoms with E-state index in [-0.39, 0.29) is 23.7 Å². The van der Waals surface area contributed by atoms with Crippen molar-refractivity contribution in [2.75, 3.05) is 13.2 Å². The second-order valence-electron chi connectivity index (χ2n) is 5.23. The Morgan fingerprint density at radius 1 is 1.50 bits per heavy atom. The molecule has 100 valence electrons. The van der Waals surface area contributed by atoms with Gasteiger partial charge in [0, 0.05) is 18.0 Å². The molecule has 1 amide bonds. The molecule has 0 radical (unpaired) electrons. The number of aromatic nitrogens is 1. The van der Waals surface area contributed by atoms with Crippen LogP contribution in [0.25, 0.3) is 0 Å². The minimum Gasteiger partial charge on any atom is -0.396 e. The van der Waals surface area contributed by atoms with Gasteiger partial charge in [0.15, 0.2) is 0 Å². The van der Waals surface area contributed by atoms with Gasteiger partial charge in [-0.2, -0.15) is 0 Å². The number of carbonyl (C=O) groups excluding carboxylic acids is 1. The fourth-order valence-corrected chi connectivity index (χ4v) is 2.52. The van der Waals surface area contributed by atoms with Gasteiger partial charge in [-0.15, -0.1) is 0 Å². The summed E-state index contributed by atoms with van der Waals surface area (Å²) in [5.74, 6) is -0.0228. The number of nitrogens with zero attached hydrogens (tertiary/aromatic N) is 1. The van der Waals surface area contributed by atoms with E-state index in [0.29, 0.717) is 12.2 Å². The van der Waals surface area contributed by atoms with Crippen molar-refractivity contribution in [1.29, 1.82) is 0 Å². The summed E-state index contributed by atoms with van der Waals surface area (Å²) in [7, 11) is 0. The zero-order valence-electron chi connectivity index (χ0n) is 10.7. The Morgan fingerprint density at radius 2 is 2.22 bits per heavy atom. The number of aliphatic hydroxyl groups is 1. The van der Waals surface area contributed by atoms with E-state index in [2.05, 4.69) is 10.5 Å². The summed E-state index contributed by atoms with van der Waals surface area (Å²) >= 11 is 0. The molecule has 1 aromatic heterocycles. The van der Waals surface area contributed by atoms with Gasteiger partial charge in [-0.05, 0) is 19.8 Å². The first-order chi connectivity index (χ1) is 8.65. The first-order valence-electron chi connectivity index (χ1n) is 6.48. The van der Waals surface area contributed by atoms with E-state index >= 15 is 0 Å². The normalized spacial score (nSPS) is 18.6. The predicted molar refractivity (Wildman–Crippen MR) is 66.2 cm³/mol. The molecule has 0 aromatic carbocycles. The maximum absolute atomic E-state index is 11.8. The van der Waals surface area contributed by atoms with Crippen LogP contribution >= 0.6 is 0 Å². The molecular formula is C13H20N2O3. The summed E-state index contributed by atoms with van der Waals surface area (Å²) < 4.78 is 4.91. The average Bonchev–Trinajstić information content (AvgIpc) is 2.84. The lowest BCUT2D eigenvalue weighted by atomic mass is 9.74. The van der Waals surface area contributed by atoms with Crippen molar-refractivity contribution in [3.05, 3.63) is 17.5 Å². The van der Waals surface area contributed by atoms with E-state index < -0.39 is 0 Å². The van der Waals surface area contributed by atoms with Crippen LogP contribution in [0.4, 0.5) is 0 Å². The average molecular weight is 252 g/mol. The molecule has 5 nitrogen and oxygen atoms in total. The standard InChI is InChI=1S/C13H20N2O3/c1-10-7-11(18-15-10)12(17)14-8-13(9-16)5-3-2-4-6-13/h7,16H,2-6,8-9H2,1H3,(H,14,17). The Bertz CT molecular complexity index is 408. The second kappa shape index (κ2) is 5.52. The molecule has 2 N–H and O–H groups in total. The van der Waals surface area contributed by atoms with Crippen molar-refractivity contribution >= 4 is 5.91 Å². The summed E-state index contributed by atoms with van der Waals surface area (Å²) in [5.41, 5.74) is 0.540. The van der Waals surface area contributed by atoms with Gasteiger partial charge in [-0.25, -0.2) is 0 Å². The van der Waals surface area contributed by atoms with Crippen molar-refractivity contribution < 1.29 is 14.4 Å². The Kier molecular flexibility index (Phi) is 4.01. The minimum absolute atomic E-state index is 0.128. The fourth-order valence-electron chi connectivity index (χ4n) is 2.52. The number of amides is 1. The van der Waals surface area contributed by atoms with Gasteiger partial charge in [0.2, 0.25) is 5.76 Å². The van der Waals surface area contributed by atoms with Crippen LogP contribution in [0.2, 0.25) is 0 Å². The zero-order valence-corrected chi connectivity index (χ0v) is 10.7. The lowest BCUT2D eigenvalue weighted by Crippen LogP contribution is -2.41. The molecule has 1 aliphatic rings. The van der Waals surface area contributed by atoms with Crippen molar-refractivity contribution in [1.82, 2.24) is 10.5 Å². The lowest BCUT2D eigenvalue weighted by Gasteiger charge is -2.35. The van der Waals surface area contributed by atoms with Crippen LogP contribution in [-0.2, 0) is 0 Å². The summed E-state index contributed by atoms with van der Waals surface area (Å²) in [6, 6.07) is 1.61. The summed E-state index contributed by atoms with van der Waals surface area (Å²) in [6.45, 7) is 2.40. The van der Waals surface area contributed by atoms with Crippen LogP contribution in [0.3, 0.4) is 0 Å². The van der Waals surface area contributed by atoms with Gasteiger partial charge >= 0.3 is 0 Å². The van der Waals surface area contributed by atoms with Crippen molar-refractivity contribution in [3.63, 3.8) is 0 Å². The van der Waals surface area contributed by atoms with Crippen LogP contribution in [0, 0.1) is 12.3 Å². The summed E-state index contributed by atoms with van der Waals surface area (Å²) in [5, 5.41) is 16.1. The molecule has 0 atom stereocenters. The zero-order chi connectivity index (χ0) is 13.0. The SMILES string of the molecule is Cc1cc(C(=O)NCC2(CO)CCCCC2)on1. The predicted octanol–water partition coefficient (Wildman–Crippen LogP) is 1.66. The molecule has 1 saturated carbocycles. The third kappa shape index (κ3) is 2.90. The maximum Gasteiger partial charge on any atom is 0.289 e. The highest BCUT2D eigenvalue weighted by Gasteiger charge is 2.32. The Morgan fingerprint density at radius 3 is 2.78 bits per heavy atom. The third-order valence-corrected chi connectivity index (χ3v) is 3.73. The molecule has 2 rings (SSSR count). The highest BCUT2D eigenvalue weighted by molar-refractivity contribution is 5.91. The van der Waals surface area contributed by atoms with Crippen LogP contribution in [-0.4, -0.2) is 29.3 Å². The summed E-state index contributed by atoms with van der Waals surface area (Å²) in [6.07, 6.45) is 5.41. The van der Waals surface area contributed by atoms with E-state index in [9.17, 15) is 9.90 Å². The molecule has 0 unspecified atom stereocenters. The van der Waals surface area contributed by atoms with E-state index in [1.165, 1.54) is 6.42 Å². The molecule has 1 heterocycles. The molecule has 1 aromatic rings. The molecule has 5 heteroatoms. The molecule has 18 heavy (non-hydrogen) atoms. The van der Waals surface area contributed by atoms with E-state index in [4.69, 9.17) is 4.52 Å². The maximum atomic E-state index is 11.8. The van der Waals surface area contributed by atoms with Crippen LogP contribution in [0.5, 0.6) is 0 Å². The minimum atomic E-state index is -0.256. The molecule has 0 saturated heterocycles. The number of rotatable bonds is 4. The van der Waals surface area contributed by atoms with Gasteiger partial charge in [-0.3, -0.25) is 4.79 Å². The molecular weight excluding hydrogens is 232 g/mol. The second-order valence-corrected chi connectivity index (χ2v) is 5.23. The fraction of sp³-hybridized carbons (Fsp3) is 0.692. The highest BCUT2D eigenvalue weighted by Crippen LogP contribution is 2.35. The van der Waals surface area contributed by atoms with Gasteiger partial charge < -0.3 is 14.9 Å². The van der Waals surface area contributed by atoms with Crippen molar-refractivity contribution in [2.45, 2.75) is 39.0 Å². The number of carbonyl (C=O) groups is 1. The van der Waals surface area contributed by atoms with Gasteiger partial charge in [0.1, 0.15) is 0 Å². The summed E-state index contributed by atoms with van der Waals surface area (Å²) in [4.78, 5) is 11.8. The van der Waals surface area contributed by atoms with Gasteiger partial charge in [0.05, 0.1) is 12.3 Å². The van der Waals surface area contributed by atoms with Gasteiger partial charge in [-0.1, -0.05) is 24.4 Å². The molecule has 1 fully saturated rings. The van der Waals surface area contributed by atoms with Gasteiger partial charge in [0.25, 0.3) is 5.91 Å². The smallest absolute Gasteiger partial charge is 0.289 e. The Balaban J connectivity index is 1.91. The van der Waals surface area contributed by atoms with Crippen LogP contribution in [0.1, 0.15) is 48.4 Å². The van der Waals surface area contributed by atoms with E-state index in [1.807, 2.05) is 0 Å². The topological polar surface area (TPSA) is 75.4 Å². The van der Waals surface area contributed by atoms with Crippen LogP contribution < -0.4 is 5.32 Å². The third-order valence-electron chi connectivity index (χ3n) is 3.73. The Labute approximate surface area is 107 Å². The largest absolute Gasteiger partial charge is 0.396 e. The first kappa shape index (κ1) is 13.1. The van der Waals surface area contributed by atoms with Crippen LogP contribution in [0.15, 0.2) is 10.6 Å². The van der Waals surface area contributed by atoms with Crippen molar-refractivity contribution in [3.8, 4) is 0 Å². The first-order valence-corrected chi connectivity index (χ1v) is 6.48. The molecule has 0 spiro atoms. The number of nitrogens with one attached hydrogen (secondary N) is 1. The Hall–Kier alpha value is -1.36.